The molecule has 0 unspecified atom stereocenters. The van der Waals surface area contributed by atoms with Crippen molar-refractivity contribution < 1.29 is 14.4 Å². The standard InChI is InChI=1S/C19H15ClN6O3/c20-14-7-3-4-8-15(14)21-17(27)11-26-23-16(22-24-26)9-10-25-18(28)12-5-1-2-6-13(12)19(25)29/h1-8H,9-11H2,(H,21,27). The third-order valence-corrected chi connectivity index (χ3v) is 4.69. The summed E-state index contributed by atoms with van der Waals surface area (Å²) in [7, 11) is 0. The number of amides is 3. The number of nitrogens with one attached hydrogen (secondary N) is 1. The van der Waals surface area contributed by atoms with Crippen molar-refractivity contribution in [3.8, 4) is 0 Å². The van der Waals surface area contributed by atoms with Crippen LogP contribution in [-0.4, -0.2) is 49.4 Å². The Labute approximate surface area is 170 Å². The fraction of sp³-hybridized carbons (Fsp3) is 0.158. The van der Waals surface area contributed by atoms with Gasteiger partial charge in [0.1, 0.15) is 6.54 Å². The number of benzene rings is 2. The van der Waals surface area contributed by atoms with Crippen molar-refractivity contribution >= 4 is 35.0 Å². The van der Waals surface area contributed by atoms with Gasteiger partial charge in [-0.1, -0.05) is 35.9 Å². The van der Waals surface area contributed by atoms with Gasteiger partial charge in [-0.05, 0) is 29.5 Å². The predicted molar refractivity (Wildman–Crippen MR) is 103 cm³/mol. The summed E-state index contributed by atoms with van der Waals surface area (Å²) in [5, 5.41) is 14.9. The third kappa shape index (κ3) is 3.85. The van der Waals surface area contributed by atoms with Crippen molar-refractivity contribution in [3.63, 3.8) is 0 Å². The van der Waals surface area contributed by atoms with Gasteiger partial charge < -0.3 is 5.32 Å². The number of rotatable bonds is 6. The first-order valence-electron chi connectivity index (χ1n) is 8.79. The first kappa shape index (κ1) is 18.8. The first-order valence-corrected chi connectivity index (χ1v) is 9.17. The number of carbonyl (C=O) groups excluding carboxylic acids is 3. The van der Waals surface area contributed by atoms with E-state index in [0.29, 0.717) is 27.7 Å². The molecule has 1 aromatic heterocycles. The van der Waals surface area contributed by atoms with Crippen molar-refractivity contribution in [2.45, 2.75) is 13.0 Å². The van der Waals surface area contributed by atoms with Gasteiger partial charge >= 0.3 is 0 Å². The molecule has 146 valence electrons. The number of imide groups is 1. The fourth-order valence-electron chi connectivity index (χ4n) is 2.98. The van der Waals surface area contributed by atoms with Gasteiger partial charge in [0.25, 0.3) is 11.8 Å². The van der Waals surface area contributed by atoms with Gasteiger partial charge in [0.2, 0.25) is 5.91 Å². The zero-order valence-electron chi connectivity index (χ0n) is 15.1. The zero-order chi connectivity index (χ0) is 20.4. The molecule has 0 fully saturated rings. The Kier molecular flexibility index (Phi) is 5.05. The largest absolute Gasteiger partial charge is 0.323 e. The molecule has 2 aromatic carbocycles. The summed E-state index contributed by atoms with van der Waals surface area (Å²) in [6, 6.07) is 13.6. The number of hydrogen-bond donors (Lipinski definition) is 1. The van der Waals surface area contributed by atoms with Crippen molar-refractivity contribution in [2.24, 2.45) is 0 Å². The highest BCUT2D eigenvalue weighted by Gasteiger charge is 2.34. The summed E-state index contributed by atoms with van der Waals surface area (Å²) in [5.41, 5.74) is 1.28. The van der Waals surface area contributed by atoms with Gasteiger partial charge in [-0.15, -0.1) is 10.2 Å². The van der Waals surface area contributed by atoms with Crippen LogP contribution in [0.2, 0.25) is 5.02 Å². The fourth-order valence-corrected chi connectivity index (χ4v) is 3.16. The Morgan fingerprint density at radius 1 is 1.00 bits per heavy atom. The van der Waals surface area contributed by atoms with E-state index in [1.807, 2.05) is 0 Å². The van der Waals surface area contributed by atoms with E-state index in [1.54, 1.807) is 48.5 Å². The van der Waals surface area contributed by atoms with Crippen LogP contribution in [0.1, 0.15) is 26.5 Å². The predicted octanol–water partition coefficient (Wildman–Crippen LogP) is 1.80. The number of hydrogen-bond acceptors (Lipinski definition) is 6. The minimum absolute atomic E-state index is 0.129. The molecule has 0 saturated carbocycles. The number of carbonyl (C=O) groups is 3. The lowest BCUT2D eigenvalue weighted by Crippen LogP contribution is -2.32. The van der Waals surface area contributed by atoms with Gasteiger partial charge in [0, 0.05) is 13.0 Å². The van der Waals surface area contributed by atoms with E-state index in [2.05, 4.69) is 20.7 Å². The highest BCUT2D eigenvalue weighted by atomic mass is 35.5. The Morgan fingerprint density at radius 2 is 1.66 bits per heavy atom. The van der Waals surface area contributed by atoms with Crippen molar-refractivity contribution in [1.82, 2.24) is 25.1 Å². The van der Waals surface area contributed by atoms with E-state index in [1.165, 1.54) is 0 Å². The maximum atomic E-state index is 12.4. The molecule has 0 bridgehead atoms. The Morgan fingerprint density at radius 3 is 2.34 bits per heavy atom. The second kappa shape index (κ2) is 7.80. The molecule has 3 aromatic rings. The van der Waals surface area contributed by atoms with Crippen molar-refractivity contribution in [3.05, 3.63) is 70.5 Å². The van der Waals surface area contributed by atoms with Crippen LogP contribution in [0.5, 0.6) is 0 Å². The molecule has 4 rings (SSSR count). The highest BCUT2D eigenvalue weighted by Crippen LogP contribution is 2.22. The molecule has 29 heavy (non-hydrogen) atoms. The number of para-hydroxylation sites is 1. The lowest BCUT2D eigenvalue weighted by Gasteiger charge is -2.11. The third-order valence-electron chi connectivity index (χ3n) is 4.36. The number of aromatic nitrogens is 4. The first-order chi connectivity index (χ1) is 14.0. The number of nitrogens with zero attached hydrogens (tertiary/aromatic N) is 5. The number of fused-ring (bicyclic) bond motifs is 1. The summed E-state index contributed by atoms with van der Waals surface area (Å²) in [6.45, 7) is -0.0188. The molecule has 9 nitrogen and oxygen atoms in total. The van der Waals surface area contributed by atoms with E-state index in [-0.39, 0.29) is 37.2 Å². The molecule has 1 N–H and O–H groups in total. The molecule has 2 heterocycles. The number of anilines is 1. The molecule has 0 atom stereocenters. The van der Waals surface area contributed by atoms with E-state index in [9.17, 15) is 14.4 Å². The van der Waals surface area contributed by atoms with Crippen LogP contribution < -0.4 is 5.32 Å². The SMILES string of the molecule is O=C(Cn1nnc(CCN2C(=O)c3ccccc3C2=O)n1)Nc1ccccc1Cl. The number of tetrazole rings is 1. The van der Waals surface area contributed by atoms with Gasteiger partial charge in [0.15, 0.2) is 5.82 Å². The van der Waals surface area contributed by atoms with Gasteiger partial charge in [-0.3, -0.25) is 19.3 Å². The summed E-state index contributed by atoms with van der Waals surface area (Å²) in [4.78, 5) is 39.2. The highest BCUT2D eigenvalue weighted by molar-refractivity contribution is 6.33. The van der Waals surface area contributed by atoms with Crippen LogP contribution in [0.4, 0.5) is 5.69 Å². The van der Waals surface area contributed by atoms with Gasteiger partial charge in [-0.2, -0.15) is 4.80 Å². The second-order valence-electron chi connectivity index (χ2n) is 6.32. The second-order valence-corrected chi connectivity index (χ2v) is 6.73. The summed E-state index contributed by atoms with van der Waals surface area (Å²) in [5.74, 6) is -0.705. The van der Waals surface area contributed by atoms with Gasteiger partial charge in [0.05, 0.1) is 21.8 Å². The molecule has 1 aliphatic heterocycles. The minimum atomic E-state index is -0.359. The van der Waals surface area contributed by atoms with E-state index in [0.717, 1.165) is 9.70 Å². The average molecular weight is 411 g/mol. The average Bonchev–Trinajstić information content (AvgIpc) is 3.25. The molecule has 3 amide bonds. The molecule has 0 spiro atoms. The minimum Gasteiger partial charge on any atom is -0.323 e. The molecule has 1 aliphatic rings. The topological polar surface area (TPSA) is 110 Å². The lowest BCUT2D eigenvalue weighted by molar-refractivity contribution is -0.117. The molecular weight excluding hydrogens is 396 g/mol. The Bertz CT molecular complexity index is 1080. The Balaban J connectivity index is 1.34. The van der Waals surface area contributed by atoms with Crippen LogP contribution in [0.15, 0.2) is 48.5 Å². The molecular formula is C19H15ClN6O3. The van der Waals surface area contributed by atoms with E-state index >= 15 is 0 Å². The monoisotopic (exact) mass is 410 g/mol. The maximum Gasteiger partial charge on any atom is 0.261 e. The van der Waals surface area contributed by atoms with Crippen LogP contribution in [0, 0.1) is 0 Å². The van der Waals surface area contributed by atoms with E-state index in [4.69, 9.17) is 11.6 Å². The van der Waals surface area contributed by atoms with Crippen molar-refractivity contribution in [2.75, 3.05) is 11.9 Å². The molecule has 10 heteroatoms. The van der Waals surface area contributed by atoms with Crippen LogP contribution >= 0.6 is 11.6 Å². The number of halogens is 1. The quantitative estimate of drug-likeness (QED) is 0.620. The van der Waals surface area contributed by atoms with Crippen LogP contribution in [-0.2, 0) is 17.8 Å². The molecule has 0 saturated heterocycles. The smallest absolute Gasteiger partial charge is 0.261 e. The molecule has 0 aliphatic carbocycles. The summed E-state index contributed by atoms with van der Waals surface area (Å²) < 4.78 is 0. The van der Waals surface area contributed by atoms with E-state index < -0.39 is 0 Å². The Hall–Kier alpha value is -3.59. The summed E-state index contributed by atoms with van der Waals surface area (Å²) in [6.07, 6.45) is 0.234. The molecule has 0 radical (unpaired) electrons. The summed E-state index contributed by atoms with van der Waals surface area (Å²) >= 11 is 6.01. The lowest BCUT2D eigenvalue weighted by atomic mass is 10.1. The van der Waals surface area contributed by atoms with Gasteiger partial charge in [-0.25, -0.2) is 0 Å². The maximum absolute atomic E-state index is 12.4. The zero-order valence-corrected chi connectivity index (χ0v) is 15.8. The normalized spacial score (nSPS) is 12.9. The van der Waals surface area contributed by atoms with Crippen LogP contribution in [0.3, 0.4) is 0 Å². The van der Waals surface area contributed by atoms with Crippen molar-refractivity contribution in [1.29, 1.82) is 0 Å². The van der Waals surface area contributed by atoms with Crippen LogP contribution in [0.25, 0.3) is 0 Å².